The number of anilines is 1. The molecule has 0 amide bonds. The Hall–Kier alpha value is -1.33. The second kappa shape index (κ2) is 6.41. The average molecular weight is 309 g/mol. The monoisotopic (exact) mass is 309 g/mol. The van der Waals surface area contributed by atoms with Crippen LogP contribution in [-0.4, -0.2) is 14.2 Å². The molecule has 0 unspecified atom stereocenters. The van der Waals surface area contributed by atoms with E-state index in [1.165, 1.54) is 11.1 Å². The predicted octanol–water partition coefficient (Wildman–Crippen LogP) is 3.85. The summed E-state index contributed by atoms with van der Waals surface area (Å²) in [4.78, 5) is 0.398. The summed E-state index contributed by atoms with van der Waals surface area (Å²) in [5, 5.41) is 7.43. The highest BCUT2D eigenvalue weighted by Crippen LogP contribution is 2.24. The van der Waals surface area contributed by atoms with E-state index in [0.29, 0.717) is 23.5 Å². The molecule has 2 rings (SSSR count). The summed E-state index contributed by atoms with van der Waals surface area (Å²) in [7, 11) is -3.20. The lowest BCUT2D eigenvalue weighted by Crippen LogP contribution is -2.10. The number of hydrogen-bond acceptors (Lipinski definition) is 4. The van der Waals surface area contributed by atoms with Crippen LogP contribution in [0.1, 0.15) is 24.5 Å². The Kier molecular flexibility index (Phi) is 4.83. The molecule has 0 aliphatic carbocycles. The molecule has 3 nitrogen and oxygen atoms in total. The van der Waals surface area contributed by atoms with Gasteiger partial charge in [0.05, 0.1) is 16.3 Å². The number of hydrogen-bond donors (Lipinski definition) is 1. The minimum Gasteiger partial charge on any atom is -0.380 e. The molecule has 2 aromatic rings. The molecule has 1 N–H and O–H groups in total. The lowest BCUT2D eigenvalue weighted by Gasteiger charge is -2.12. The summed E-state index contributed by atoms with van der Waals surface area (Å²) in [6.07, 6.45) is 0.625. The summed E-state index contributed by atoms with van der Waals surface area (Å²) in [6.45, 7) is 4.59. The maximum absolute atomic E-state index is 12.2. The van der Waals surface area contributed by atoms with Crippen molar-refractivity contribution in [3.63, 3.8) is 0 Å². The molecule has 1 aromatic heterocycles. The standard InChI is InChI=1S/C15H19NO2S2/c1-3-8-20(17,18)15-7-5-4-6-14(15)16-9-13-11-19-10-12(13)2/h4-7,10-11,16H,3,8-9H2,1-2H3. The maximum atomic E-state index is 12.2. The first-order valence-electron chi connectivity index (χ1n) is 6.62. The molecular formula is C15H19NO2S2. The van der Waals surface area contributed by atoms with E-state index < -0.39 is 9.84 Å². The third kappa shape index (κ3) is 3.41. The largest absolute Gasteiger partial charge is 0.380 e. The Bertz CT molecular complexity index is 675. The van der Waals surface area contributed by atoms with Gasteiger partial charge in [0.25, 0.3) is 0 Å². The van der Waals surface area contributed by atoms with Crippen molar-refractivity contribution in [1.82, 2.24) is 0 Å². The predicted molar refractivity (Wildman–Crippen MR) is 85.2 cm³/mol. The number of thiophene rings is 1. The highest BCUT2D eigenvalue weighted by molar-refractivity contribution is 7.91. The minimum absolute atomic E-state index is 0.184. The van der Waals surface area contributed by atoms with Gasteiger partial charge in [-0.25, -0.2) is 8.42 Å². The summed E-state index contributed by atoms with van der Waals surface area (Å²) >= 11 is 1.66. The summed E-state index contributed by atoms with van der Waals surface area (Å²) < 4.78 is 24.5. The van der Waals surface area contributed by atoms with E-state index in [4.69, 9.17) is 0 Å². The maximum Gasteiger partial charge on any atom is 0.180 e. The molecule has 0 aliphatic rings. The van der Waals surface area contributed by atoms with Crippen LogP contribution in [0.3, 0.4) is 0 Å². The van der Waals surface area contributed by atoms with Gasteiger partial charge in [-0.1, -0.05) is 19.1 Å². The Morgan fingerprint density at radius 2 is 1.95 bits per heavy atom. The summed E-state index contributed by atoms with van der Waals surface area (Å²) in [5.74, 6) is 0.184. The Morgan fingerprint density at radius 1 is 1.20 bits per heavy atom. The minimum atomic E-state index is -3.20. The van der Waals surface area contributed by atoms with Gasteiger partial charge >= 0.3 is 0 Å². The third-order valence-electron chi connectivity index (χ3n) is 3.13. The van der Waals surface area contributed by atoms with Crippen LogP contribution in [0.5, 0.6) is 0 Å². The molecule has 20 heavy (non-hydrogen) atoms. The van der Waals surface area contributed by atoms with Crippen LogP contribution in [-0.2, 0) is 16.4 Å². The molecule has 1 heterocycles. The van der Waals surface area contributed by atoms with Crippen LogP contribution >= 0.6 is 11.3 Å². The van der Waals surface area contributed by atoms with E-state index >= 15 is 0 Å². The number of nitrogens with one attached hydrogen (secondary N) is 1. The molecule has 0 saturated carbocycles. The van der Waals surface area contributed by atoms with Gasteiger partial charge in [0.15, 0.2) is 9.84 Å². The van der Waals surface area contributed by atoms with Gasteiger partial charge in [-0.15, -0.1) is 0 Å². The third-order valence-corrected chi connectivity index (χ3v) is 6.01. The van der Waals surface area contributed by atoms with E-state index in [1.54, 1.807) is 23.5 Å². The van der Waals surface area contributed by atoms with Gasteiger partial charge in [0.2, 0.25) is 0 Å². The van der Waals surface area contributed by atoms with Crippen LogP contribution in [0, 0.1) is 6.92 Å². The number of aryl methyl sites for hydroxylation is 1. The smallest absolute Gasteiger partial charge is 0.180 e. The molecule has 0 fully saturated rings. The van der Waals surface area contributed by atoms with Crippen molar-refractivity contribution in [3.05, 3.63) is 46.2 Å². The van der Waals surface area contributed by atoms with Crippen LogP contribution in [0.2, 0.25) is 0 Å². The van der Waals surface area contributed by atoms with Gasteiger partial charge in [0.1, 0.15) is 0 Å². The van der Waals surface area contributed by atoms with E-state index in [-0.39, 0.29) is 5.75 Å². The SMILES string of the molecule is CCCS(=O)(=O)c1ccccc1NCc1cscc1C. The zero-order chi connectivity index (χ0) is 14.6. The van der Waals surface area contributed by atoms with Crippen LogP contribution < -0.4 is 5.32 Å². The van der Waals surface area contributed by atoms with E-state index in [0.717, 1.165) is 0 Å². The number of para-hydroxylation sites is 1. The molecule has 1 aromatic carbocycles. The molecule has 0 radical (unpaired) electrons. The first-order chi connectivity index (χ1) is 9.54. The number of sulfone groups is 1. The van der Waals surface area contributed by atoms with Crippen molar-refractivity contribution < 1.29 is 8.42 Å². The molecule has 0 spiro atoms. The average Bonchev–Trinajstić information content (AvgIpc) is 2.82. The van der Waals surface area contributed by atoms with E-state index in [9.17, 15) is 8.42 Å². The van der Waals surface area contributed by atoms with Crippen molar-refractivity contribution in [2.75, 3.05) is 11.1 Å². The molecule has 0 bridgehead atoms. The Balaban J connectivity index is 2.23. The Morgan fingerprint density at radius 3 is 2.60 bits per heavy atom. The van der Waals surface area contributed by atoms with Crippen molar-refractivity contribution in [2.24, 2.45) is 0 Å². The fourth-order valence-corrected chi connectivity index (χ4v) is 4.40. The molecule has 108 valence electrons. The topological polar surface area (TPSA) is 46.2 Å². The second-order valence-electron chi connectivity index (χ2n) is 4.75. The summed E-state index contributed by atoms with van der Waals surface area (Å²) in [6, 6.07) is 7.12. The van der Waals surface area contributed by atoms with Crippen LogP contribution in [0.4, 0.5) is 5.69 Å². The lowest BCUT2D eigenvalue weighted by molar-refractivity contribution is 0.595. The number of benzene rings is 1. The van der Waals surface area contributed by atoms with Gasteiger partial charge in [0, 0.05) is 6.54 Å². The van der Waals surface area contributed by atoms with E-state index in [1.807, 2.05) is 19.1 Å². The van der Waals surface area contributed by atoms with E-state index in [2.05, 4.69) is 23.0 Å². The highest BCUT2D eigenvalue weighted by atomic mass is 32.2. The van der Waals surface area contributed by atoms with Crippen molar-refractivity contribution >= 4 is 26.9 Å². The van der Waals surface area contributed by atoms with Gasteiger partial charge in [-0.3, -0.25) is 0 Å². The lowest BCUT2D eigenvalue weighted by atomic mass is 10.2. The molecule has 0 saturated heterocycles. The second-order valence-corrected chi connectivity index (χ2v) is 7.57. The van der Waals surface area contributed by atoms with Gasteiger partial charge < -0.3 is 5.32 Å². The van der Waals surface area contributed by atoms with Crippen molar-refractivity contribution in [3.8, 4) is 0 Å². The number of rotatable bonds is 6. The van der Waals surface area contributed by atoms with Gasteiger partial charge in [-0.05, 0) is 47.4 Å². The quantitative estimate of drug-likeness (QED) is 0.881. The van der Waals surface area contributed by atoms with Crippen LogP contribution in [0.25, 0.3) is 0 Å². The molecule has 0 atom stereocenters. The summed E-state index contributed by atoms with van der Waals surface area (Å²) in [5.41, 5.74) is 3.13. The first-order valence-corrected chi connectivity index (χ1v) is 9.21. The van der Waals surface area contributed by atoms with Crippen molar-refractivity contribution in [1.29, 1.82) is 0 Å². The molecule has 0 aliphatic heterocycles. The Labute approximate surface area is 124 Å². The van der Waals surface area contributed by atoms with Crippen molar-refractivity contribution in [2.45, 2.75) is 31.7 Å². The zero-order valence-corrected chi connectivity index (χ0v) is 13.4. The fourth-order valence-electron chi connectivity index (χ4n) is 2.02. The molecular weight excluding hydrogens is 290 g/mol. The normalized spacial score (nSPS) is 11.5. The zero-order valence-electron chi connectivity index (χ0n) is 11.7. The fraction of sp³-hybridized carbons (Fsp3) is 0.333. The highest BCUT2D eigenvalue weighted by Gasteiger charge is 2.17. The van der Waals surface area contributed by atoms with Crippen LogP contribution in [0.15, 0.2) is 39.9 Å². The van der Waals surface area contributed by atoms with Gasteiger partial charge in [-0.2, -0.15) is 11.3 Å². The first kappa shape index (κ1) is 15.1. The molecule has 5 heteroatoms.